The van der Waals surface area contributed by atoms with Crippen molar-refractivity contribution in [1.29, 1.82) is 0 Å². The highest BCUT2D eigenvalue weighted by Crippen LogP contribution is 2.30. The molecule has 5 nitrogen and oxygen atoms in total. The Bertz CT molecular complexity index is 735. The van der Waals surface area contributed by atoms with Gasteiger partial charge in [-0.15, -0.1) is 12.4 Å². The number of benzene rings is 1. The van der Waals surface area contributed by atoms with Crippen LogP contribution >= 0.6 is 12.4 Å². The molecule has 3 heterocycles. The molecule has 1 aromatic carbocycles. The minimum atomic E-state index is -0.306. The molecule has 1 amide bonds. The molecule has 2 saturated heterocycles. The van der Waals surface area contributed by atoms with Crippen molar-refractivity contribution < 1.29 is 18.3 Å². The summed E-state index contributed by atoms with van der Waals surface area (Å²) in [5, 5.41) is 3.39. The maximum atomic E-state index is 12.9. The van der Waals surface area contributed by atoms with Crippen LogP contribution in [0, 0.1) is 5.82 Å². The Morgan fingerprint density at radius 3 is 2.73 bits per heavy atom. The Hall–Kier alpha value is -2.05. The van der Waals surface area contributed by atoms with Gasteiger partial charge < -0.3 is 19.4 Å². The number of nitrogens with zero attached hydrogens (tertiary/aromatic N) is 1. The number of amides is 1. The summed E-state index contributed by atoms with van der Waals surface area (Å²) in [6, 6.07) is 9.84. The third-order valence-electron chi connectivity index (χ3n) is 4.96. The molecule has 0 aliphatic carbocycles. The second-order valence-corrected chi connectivity index (χ2v) is 6.60. The van der Waals surface area contributed by atoms with Gasteiger partial charge in [0.2, 0.25) is 0 Å². The van der Waals surface area contributed by atoms with Gasteiger partial charge in [-0.1, -0.05) is 0 Å². The van der Waals surface area contributed by atoms with E-state index < -0.39 is 0 Å². The fraction of sp³-hybridized carbons (Fsp3) is 0.421. The Morgan fingerprint density at radius 2 is 1.92 bits per heavy atom. The fourth-order valence-electron chi connectivity index (χ4n) is 3.70. The summed E-state index contributed by atoms with van der Waals surface area (Å²) in [5.74, 6) is 1.15. The number of ether oxygens (including phenoxy) is 1. The first-order chi connectivity index (χ1) is 12.2. The number of fused-ring (bicyclic) bond motifs is 2. The van der Waals surface area contributed by atoms with E-state index in [-0.39, 0.29) is 36.8 Å². The van der Waals surface area contributed by atoms with Crippen LogP contribution in [-0.2, 0) is 6.61 Å². The number of carbonyl (C=O) groups is 1. The fourth-order valence-corrected chi connectivity index (χ4v) is 3.70. The van der Waals surface area contributed by atoms with E-state index in [9.17, 15) is 9.18 Å². The maximum absolute atomic E-state index is 12.9. The van der Waals surface area contributed by atoms with Gasteiger partial charge in [0.15, 0.2) is 5.76 Å². The van der Waals surface area contributed by atoms with Crippen molar-refractivity contribution in [3.05, 3.63) is 53.7 Å². The van der Waals surface area contributed by atoms with E-state index in [1.54, 1.807) is 24.3 Å². The highest BCUT2D eigenvalue weighted by molar-refractivity contribution is 5.92. The molecule has 2 aliphatic heterocycles. The Labute approximate surface area is 157 Å². The van der Waals surface area contributed by atoms with Crippen molar-refractivity contribution in [2.45, 2.75) is 38.0 Å². The molecule has 0 radical (unpaired) electrons. The molecule has 0 saturated carbocycles. The van der Waals surface area contributed by atoms with E-state index in [0.29, 0.717) is 23.3 Å². The SMILES string of the molecule is Cl.O=C(c1ccc(COc2ccc(F)cc2)o1)N1C2CCNCC1CC2. The topological polar surface area (TPSA) is 54.7 Å². The van der Waals surface area contributed by atoms with E-state index in [4.69, 9.17) is 9.15 Å². The summed E-state index contributed by atoms with van der Waals surface area (Å²) in [6.07, 6.45) is 3.10. The van der Waals surface area contributed by atoms with Gasteiger partial charge in [-0.25, -0.2) is 4.39 Å². The molecule has 2 atom stereocenters. The molecule has 26 heavy (non-hydrogen) atoms. The second-order valence-electron chi connectivity index (χ2n) is 6.60. The Balaban J connectivity index is 0.00000196. The van der Waals surface area contributed by atoms with Crippen LogP contribution < -0.4 is 10.1 Å². The largest absolute Gasteiger partial charge is 0.486 e. The first kappa shape index (κ1) is 18.7. The van der Waals surface area contributed by atoms with Gasteiger partial charge in [-0.05, 0) is 62.2 Å². The molecule has 2 aliphatic rings. The normalized spacial score (nSPS) is 21.8. The van der Waals surface area contributed by atoms with E-state index in [2.05, 4.69) is 5.32 Å². The molecular weight excluding hydrogens is 359 g/mol. The molecule has 2 bridgehead atoms. The van der Waals surface area contributed by atoms with Crippen LogP contribution in [0.25, 0.3) is 0 Å². The van der Waals surface area contributed by atoms with E-state index in [1.807, 2.05) is 4.90 Å². The number of nitrogens with one attached hydrogen (secondary N) is 1. The molecule has 2 aromatic rings. The average molecular weight is 381 g/mol. The summed E-state index contributed by atoms with van der Waals surface area (Å²) in [6.45, 7) is 2.01. The summed E-state index contributed by atoms with van der Waals surface area (Å²) in [5.41, 5.74) is 0. The van der Waals surface area contributed by atoms with Gasteiger partial charge in [-0.3, -0.25) is 4.79 Å². The predicted molar refractivity (Wildman–Crippen MR) is 97.2 cm³/mol. The lowest BCUT2D eigenvalue weighted by molar-refractivity contribution is 0.0643. The van der Waals surface area contributed by atoms with Crippen molar-refractivity contribution >= 4 is 18.3 Å². The number of hydrogen-bond acceptors (Lipinski definition) is 4. The van der Waals surface area contributed by atoms with Crippen molar-refractivity contribution in [3.63, 3.8) is 0 Å². The molecule has 2 fully saturated rings. The molecular formula is C19H22ClFN2O3. The van der Waals surface area contributed by atoms with E-state index in [0.717, 1.165) is 32.4 Å². The minimum absolute atomic E-state index is 0. The summed E-state index contributed by atoms with van der Waals surface area (Å²) >= 11 is 0. The van der Waals surface area contributed by atoms with Crippen molar-refractivity contribution in [2.24, 2.45) is 0 Å². The zero-order valence-corrected chi connectivity index (χ0v) is 15.1. The number of furan rings is 1. The van der Waals surface area contributed by atoms with Gasteiger partial charge >= 0.3 is 0 Å². The molecule has 2 unspecified atom stereocenters. The zero-order valence-electron chi connectivity index (χ0n) is 14.3. The van der Waals surface area contributed by atoms with Crippen molar-refractivity contribution in [3.8, 4) is 5.75 Å². The molecule has 7 heteroatoms. The van der Waals surface area contributed by atoms with Crippen LogP contribution in [0.15, 0.2) is 40.8 Å². The van der Waals surface area contributed by atoms with Gasteiger partial charge in [0.25, 0.3) is 5.91 Å². The van der Waals surface area contributed by atoms with Crippen molar-refractivity contribution in [2.75, 3.05) is 13.1 Å². The maximum Gasteiger partial charge on any atom is 0.290 e. The lowest BCUT2D eigenvalue weighted by atomic mass is 10.1. The quantitative estimate of drug-likeness (QED) is 0.883. The van der Waals surface area contributed by atoms with E-state index >= 15 is 0 Å². The predicted octanol–water partition coefficient (Wildman–Crippen LogP) is 3.39. The summed E-state index contributed by atoms with van der Waals surface area (Å²) in [7, 11) is 0. The molecule has 1 N–H and O–H groups in total. The monoisotopic (exact) mass is 380 g/mol. The molecule has 140 valence electrons. The summed E-state index contributed by atoms with van der Waals surface area (Å²) in [4.78, 5) is 14.8. The second kappa shape index (κ2) is 8.10. The van der Waals surface area contributed by atoms with Gasteiger partial charge in [-0.2, -0.15) is 0 Å². The van der Waals surface area contributed by atoms with Crippen LogP contribution in [0.4, 0.5) is 4.39 Å². The number of carbonyl (C=O) groups excluding carboxylic acids is 1. The number of hydrogen-bond donors (Lipinski definition) is 1. The smallest absolute Gasteiger partial charge is 0.290 e. The van der Waals surface area contributed by atoms with Gasteiger partial charge in [0.1, 0.15) is 23.9 Å². The zero-order chi connectivity index (χ0) is 17.2. The molecule has 4 rings (SSSR count). The van der Waals surface area contributed by atoms with Crippen LogP contribution in [-0.4, -0.2) is 36.0 Å². The lowest BCUT2D eigenvalue weighted by Crippen LogP contribution is -2.42. The van der Waals surface area contributed by atoms with Gasteiger partial charge in [0.05, 0.1) is 0 Å². The minimum Gasteiger partial charge on any atom is -0.486 e. The standard InChI is InChI=1S/C19H21FN2O3.ClH/c20-13-1-5-16(6-2-13)24-12-17-7-8-18(25-17)19(23)22-14-3-4-15(22)11-21-10-9-14;/h1-2,5-8,14-15,21H,3-4,9-12H2;1H. The number of halogens is 2. The van der Waals surface area contributed by atoms with Crippen molar-refractivity contribution in [1.82, 2.24) is 10.2 Å². The van der Waals surface area contributed by atoms with Crippen LogP contribution in [0.3, 0.4) is 0 Å². The highest BCUT2D eigenvalue weighted by Gasteiger charge is 2.39. The first-order valence-electron chi connectivity index (χ1n) is 8.71. The summed E-state index contributed by atoms with van der Waals surface area (Å²) < 4.78 is 24.2. The Kier molecular flexibility index (Phi) is 5.84. The third kappa shape index (κ3) is 3.86. The third-order valence-corrected chi connectivity index (χ3v) is 4.96. The van der Waals surface area contributed by atoms with Crippen LogP contribution in [0.2, 0.25) is 0 Å². The van der Waals surface area contributed by atoms with E-state index in [1.165, 1.54) is 12.1 Å². The number of rotatable bonds is 4. The average Bonchev–Trinajstić information content (AvgIpc) is 3.17. The molecule has 1 aromatic heterocycles. The molecule has 0 spiro atoms. The lowest BCUT2D eigenvalue weighted by Gasteiger charge is -2.26. The first-order valence-corrected chi connectivity index (χ1v) is 8.71. The van der Waals surface area contributed by atoms with Crippen LogP contribution in [0.1, 0.15) is 35.6 Å². The van der Waals surface area contributed by atoms with Crippen LogP contribution in [0.5, 0.6) is 5.75 Å². The van der Waals surface area contributed by atoms with Gasteiger partial charge in [0, 0.05) is 18.6 Å². The highest BCUT2D eigenvalue weighted by atomic mass is 35.5. The Morgan fingerprint density at radius 1 is 1.15 bits per heavy atom.